The van der Waals surface area contributed by atoms with Gasteiger partial charge in [0.05, 0.1) is 17.8 Å². The molecule has 2 rings (SSSR count). The third-order valence-electron chi connectivity index (χ3n) is 4.02. The molecule has 1 unspecified atom stereocenters. The summed E-state index contributed by atoms with van der Waals surface area (Å²) in [4.78, 5) is 4.34. The summed E-state index contributed by atoms with van der Waals surface area (Å²) in [5, 5.41) is 21.9. The van der Waals surface area contributed by atoms with Crippen LogP contribution in [0.2, 0.25) is 0 Å². The fraction of sp³-hybridized carbons (Fsp3) is 0.500. The lowest BCUT2D eigenvalue weighted by atomic mass is 10.1. The van der Waals surface area contributed by atoms with E-state index in [-0.39, 0.29) is 12.4 Å². The Hall–Kier alpha value is -1.85. The largest absolute Gasteiger partial charge is 0.508 e. The molecule has 23 heavy (non-hydrogen) atoms. The minimum atomic E-state index is 0.0853. The van der Waals surface area contributed by atoms with Crippen molar-refractivity contribution in [1.82, 2.24) is 10.4 Å². The molecule has 1 atom stereocenters. The Kier molecular flexibility index (Phi) is 6.62. The van der Waals surface area contributed by atoms with Crippen molar-refractivity contribution in [2.75, 3.05) is 18.2 Å². The first-order chi connectivity index (χ1) is 11.2. The lowest BCUT2D eigenvalue weighted by Gasteiger charge is -2.32. The summed E-state index contributed by atoms with van der Waals surface area (Å²) in [5.74, 6) is 0.216. The van der Waals surface area contributed by atoms with Crippen LogP contribution in [-0.2, 0) is 0 Å². The monoisotopic (exact) mass is 317 g/mol. The highest BCUT2D eigenvalue weighted by molar-refractivity contribution is 5.92. The van der Waals surface area contributed by atoms with Gasteiger partial charge in [-0.3, -0.25) is 4.98 Å². The number of aliphatic hydroxyl groups excluding tert-OH is 1. The van der Waals surface area contributed by atoms with Gasteiger partial charge in [-0.2, -0.15) is 0 Å². The Bertz CT molecular complexity index is 618. The van der Waals surface area contributed by atoms with E-state index in [4.69, 9.17) is 0 Å². The average molecular weight is 317 g/mol. The number of hydrogen-bond donors (Lipinski definition) is 3. The quantitative estimate of drug-likeness (QED) is 0.489. The number of pyridine rings is 1. The van der Waals surface area contributed by atoms with Gasteiger partial charge in [0.1, 0.15) is 5.75 Å². The molecule has 1 aromatic heterocycles. The van der Waals surface area contributed by atoms with Gasteiger partial charge < -0.3 is 15.2 Å². The van der Waals surface area contributed by atoms with Crippen molar-refractivity contribution >= 4 is 16.6 Å². The fourth-order valence-electron chi connectivity index (χ4n) is 2.80. The van der Waals surface area contributed by atoms with Crippen LogP contribution in [0.5, 0.6) is 5.75 Å². The number of rotatable bonds is 9. The number of hydrazine groups is 1. The Morgan fingerprint density at radius 2 is 2.09 bits per heavy atom. The standard InChI is InChI=1S/C18H27N3O2/c1-3-4-5-6-14(2)21(20-11-12-22)18-9-10-19-17-13-15(23)7-8-16(17)18/h7-10,13-14,20,22-23H,3-6,11-12H2,1-2H3. The van der Waals surface area contributed by atoms with Crippen LogP contribution in [0.3, 0.4) is 0 Å². The molecule has 5 nitrogen and oxygen atoms in total. The summed E-state index contributed by atoms with van der Waals surface area (Å²) in [6, 6.07) is 7.51. The van der Waals surface area contributed by atoms with Crippen molar-refractivity contribution < 1.29 is 10.2 Å². The van der Waals surface area contributed by atoms with Gasteiger partial charge in [-0.15, -0.1) is 0 Å². The molecule has 0 aliphatic rings. The van der Waals surface area contributed by atoms with Gasteiger partial charge in [0.15, 0.2) is 0 Å². The number of phenolic OH excluding ortho intramolecular Hbond substituents is 1. The van der Waals surface area contributed by atoms with Gasteiger partial charge in [0.25, 0.3) is 0 Å². The van der Waals surface area contributed by atoms with Gasteiger partial charge in [0, 0.05) is 30.2 Å². The first-order valence-corrected chi connectivity index (χ1v) is 8.38. The first-order valence-electron chi connectivity index (χ1n) is 8.38. The minimum Gasteiger partial charge on any atom is -0.508 e. The average Bonchev–Trinajstić information content (AvgIpc) is 2.55. The van der Waals surface area contributed by atoms with Crippen LogP contribution >= 0.6 is 0 Å². The second kappa shape index (κ2) is 8.70. The molecule has 2 aromatic rings. The number of hydrogen-bond acceptors (Lipinski definition) is 5. The van der Waals surface area contributed by atoms with Crippen LogP contribution < -0.4 is 10.4 Å². The van der Waals surface area contributed by atoms with Crippen LogP contribution in [0.15, 0.2) is 30.5 Å². The van der Waals surface area contributed by atoms with Crippen molar-refractivity contribution in [3.05, 3.63) is 30.5 Å². The maximum Gasteiger partial charge on any atom is 0.117 e. The van der Waals surface area contributed by atoms with Crippen molar-refractivity contribution in [3.8, 4) is 5.75 Å². The van der Waals surface area contributed by atoms with Crippen LogP contribution in [0.1, 0.15) is 39.5 Å². The number of aliphatic hydroxyl groups is 1. The number of phenols is 1. The highest BCUT2D eigenvalue weighted by Gasteiger charge is 2.17. The third kappa shape index (κ3) is 4.56. The number of aromatic nitrogens is 1. The summed E-state index contributed by atoms with van der Waals surface area (Å²) in [6.07, 6.45) is 6.44. The third-order valence-corrected chi connectivity index (χ3v) is 4.02. The number of nitrogens with zero attached hydrogens (tertiary/aromatic N) is 2. The number of unbranched alkanes of at least 4 members (excludes halogenated alkanes) is 2. The van der Waals surface area contributed by atoms with E-state index < -0.39 is 0 Å². The second-order valence-corrected chi connectivity index (χ2v) is 5.88. The lowest BCUT2D eigenvalue weighted by Crippen LogP contribution is -2.46. The highest BCUT2D eigenvalue weighted by atomic mass is 16.3. The summed E-state index contributed by atoms with van der Waals surface area (Å²) in [7, 11) is 0. The molecule has 0 saturated carbocycles. The van der Waals surface area contributed by atoms with Crippen LogP contribution in [0, 0.1) is 0 Å². The number of nitrogens with one attached hydrogen (secondary N) is 1. The van der Waals surface area contributed by atoms with Crippen molar-refractivity contribution in [3.63, 3.8) is 0 Å². The molecule has 0 saturated heterocycles. The minimum absolute atomic E-state index is 0.0853. The van der Waals surface area contributed by atoms with E-state index in [2.05, 4.69) is 29.3 Å². The molecule has 0 bridgehead atoms. The molecule has 1 aromatic carbocycles. The van der Waals surface area contributed by atoms with E-state index in [1.807, 2.05) is 12.1 Å². The Balaban J connectivity index is 2.30. The van der Waals surface area contributed by atoms with Crippen molar-refractivity contribution in [1.29, 1.82) is 0 Å². The summed E-state index contributed by atoms with van der Waals surface area (Å²) >= 11 is 0. The molecule has 0 fully saturated rings. The highest BCUT2D eigenvalue weighted by Crippen LogP contribution is 2.29. The van der Waals surface area contributed by atoms with Gasteiger partial charge in [-0.25, -0.2) is 5.43 Å². The van der Waals surface area contributed by atoms with Crippen LogP contribution in [0.25, 0.3) is 10.9 Å². The molecule has 126 valence electrons. The molecule has 0 spiro atoms. The molecular weight excluding hydrogens is 290 g/mol. The van der Waals surface area contributed by atoms with Gasteiger partial charge >= 0.3 is 0 Å². The van der Waals surface area contributed by atoms with E-state index in [1.165, 1.54) is 19.3 Å². The maximum absolute atomic E-state index is 9.65. The molecule has 0 aliphatic heterocycles. The Labute approximate surface area is 137 Å². The maximum atomic E-state index is 9.65. The molecule has 5 heteroatoms. The van der Waals surface area contributed by atoms with Crippen molar-refractivity contribution in [2.45, 2.75) is 45.6 Å². The fourth-order valence-corrected chi connectivity index (χ4v) is 2.80. The van der Waals surface area contributed by atoms with E-state index in [0.29, 0.717) is 12.6 Å². The number of anilines is 1. The van der Waals surface area contributed by atoms with Gasteiger partial charge in [-0.1, -0.05) is 26.2 Å². The zero-order chi connectivity index (χ0) is 16.7. The molecule has 0 amide bonds. The number of aromatic hydroxyl groups is 1. The molecule has 3 N–H and O–H groups in total. The van der Waals surface area contributed by atoms with Gasteiger partial charge in [0.2, 0.25) is 0 Å². The molecule has 1 heterocycles. The number of benzene rings is 1. The molecule has 0 aliphatic carbocycles. The second-order valence-electron chi connectivity index (χ2n) is 5.88. The van der Waals surface area contributed by atoms with Crippen LogP contribution in [0.4, 0.5) is 5.69 Å². The van der Waals surface area contributed by atoms with Crippen LogP contribution in [-0.4, -0.2) is 34.4 Å². The van der Waals surface area contributed by atoms with Gasteiger partial charge in [-0.05, 0) is 31.5 Å². The summed E-state index contributed by atoms with van der Waals surface area (Å²) in [5.41, 5.74) is 5.10. The lowest BCUT2D eigenvalue weighted by molar-refractivity contribution is 0.287. The Morgan fingerprint density at radius 1 is 1.26 bits per heavy atom. The molecular formula is C18H27N3O2. The normalized spacial score (nSPS) is 12.5. The topological polar surface area (TPSA) is 68.6 Å². The van der Waals surface area contributed by atoms with E-state index in [0.717, 1.165) is 23.0 Å². The molecule has 0 radical (unpaired) electrons. The predicted octanol–water partition coefficient (Wildman–Crippen LogP) is 3.21. The SMILES string of the molecule is CCCCCC(C)N(NCCO)c1ccnc2cc(O)ccc12. The van der Waals surface area contributed by atoms with E-state index in [9.17, 15) is 10.2 Å². The summed E-state index contributed by atoms with van der Waals surface area (Å²) < 4.78 is 0. The van der Waals surface area contributed by atoms with E-state index in [1.54, 1.807) is 18.3 Å². The van der Waals surface area contributed by atoms with E-state index >= 15 is 0 Å². The Morgan fingerprint density at radius 3 is 2.83 bits per heavy atom. The van der Waals surface area contributed by atoms with Crippen molar-refractivity contribution in [2.24, 2.45) is 0 Å². The smallest absolute Gasteiger partial charge is 0.117 e. The zero-order valence-corrected chi connectivity index (χ0v) is 14.0. The zero-order valence-electron chi connectivity index (χ0n) is 14.0. The first kappa shape index (κ1) is 17.5. The summed E-state index contributed by atoms with van der Waals surface area (Å²) in [6.45, 7) is 4.98. The number of fused-ring (bicyclic) bond motifs is 1. The predicted molar refractivity (Wildman–Crippen MR) is 94.6 cm³/mol.